The van der Waals surface area contributed by atoms with E-state index in [2.05, 4.69) is 0 Å². The zero-order valence-electron chi connectivity index (χ0n) is 14.6. The van der Waals surface area contributed by atoms with Crippen molar-refractivity contribution in [2.45, 2.75) is 32.3 Å². The van der Waals surface area contributed by atoms with Crippen molar-refractivity contribution in [2.75, 3.05) is 13.2 Å². The molecular weight excluding hydrogens is 330 g/mol. The van der Waals surface area contributed by atoms with E-state index in [9.17, 15) is 34.8 Å². The average Bonchev–Trinajstić information content (AvgIpc) is 2.36. The number of carbonyl (C=O) groups is 3. The summed E-state index contributed by atoms with van der Waals surface area (Å²) in [7, 11) is 0. The maximum atomic E-state index is 11.4. The number of aliphatic hydroxyl groups is 3. The molecule has 0 aromatic carbocycles. The first-order valence-corrected chi connectivity index (χ1v) is 6.04. The molecule has 12 nitrogen and oxygen atoms in total. The smallest absolute Gasteiger partial charge is 0.125 e. The predicted octanol–water partition coefficient (Wildman–Crippen LogP) is -4.13. The SMILES string of the molecule is CC(C)(C(=O)[O-])C(O)(C(=O)[O-])C(CCO)(CCO)C(=O)[O-].[NH4+].[NH4+].[NH4+]. The molecule has 0 aliphatic rings. The predicted molar refractivity (Wildman–Crippen MR) is 77.5 cm³/mol. The van der Waals surface area contributed by atoms with Gasteiger partial charge in [-0.05, 0) is 12.8 Å². The van der Waals surface area contributed by atoms with E-state index in [0.29, 0.717) is 0 Å². The Bertz CT molecular complexity index is 435. The summed E-state index contributed by atoms with van der Waals surface area (Å²) in [5, 5.41) is 62.3. The summed E-state index contributed by atoms with van der Waals surface area (Å²) in [6.45, 7) is -0.311. The van der Waals surface area contributed by atoms with Crippen LogP contribution in [0.2, 0.25) is 0 Å². The second-order valence-corrected chi connectivity index (χ2v) is 5.23. The highest BCUT2D eigenvalue weighted by Gasteiger charge is 2.60. The molecule has 1 unspecified atom stereocenters. The fraction of sp³-hybridized carbons (Fsp3) is 0.750. The van der Waals surface area contributed by atoms with Crippen LogP contribution in [0.1, 0.15) is 26.7 Å². The van der Waals surface area contributed by atoms with Gasteiger partial charge in [-0.2, -0.15) is 0 Å². The summed E-state index contributed by atoms with van der Waals surface area (Å²) >= 11 is 0. The summed E-state index contributed by atoms with van der Waals surface area (Å²) in [5.41, 5.74) is -8.86. The molecule has 12 heteroatoms. The highest BCUT2D eigenvalue weighted by Crippen LogP contribution is 2.48. The van der Waals surface area contributed by atoms with Gasteiger partial charge in [-0.1, -0.05) is 13.8 Å². The molecule has 1 atom stereocenters. The zero-order chi connectivity index (χ0) is 17.1. The third-order valence-electron chi connectivity index (χ3n) is 3.87. The van der Waals surface area contributed by atoms with Crippen LogP contribution in [-0.4, -0.2) is 52.0 Å². The van der Waals surface area contributed by atoms with E-state index in [1.165, 1.54) is 0 Å². The van der Waals surface area contributed by atoms with Gasteiger partial charge in [0.1, 0.15) is 5.60 Å². The summed E-state index contributed by atoms with van der Waals surface area (Å²) in [5.74, 6) is -6.56. The van der Waals surface area contributed by atoms with Gasteiger partial charge in [-0.25, -0.2) is 0 Å². The zero-order valence-corrected chi connectivity index (χ0v) is 14.6. The minimum absolute atomic E-state index is 0. The lowest BCUT2D eigenvalue weighted by Gasteiger charge is -2.56. The normalized spacial score (nSPS) is 13.4. The maximum absolute atomic E-state index is 11.4. The van der Waals surface area contributed by atoms with Crippen molar-refractivity contribution in [2.24, 2.45) is 10.8 Å². The first-order valence-electron chi connectivity index (χ1n) is 6.04. The lowest BCUT2D eigenvalue weighted by atomic mass is 9.56. The van der Waals surface area contributed by atoms with Gasteiger partial charge in [-0.15, -0.1) is 0 Å². The van der Waals surface area contributed by atoms with E-state index >= 15 is 0 Å². The lowest BCUT2D eigenvalue weighted by Crippen LogP contribution is -2.74. The Hall–Kier alpha value is -1.83. The lowest BCUT2D eigenvalue weighted by molar-refractivity contribution is -0.372. The molecule has 0 spiro atoms. The van der Waals surface area contributed by atoms with E-state index in [-0.39, 0.29) is 18.5 Å². The second-order valence-electron chi connectivity index (χ2n) is 5.23. The highest BCUT2D eigenvalue weighted by molar-refractivity contribution is 5.93. The van der Waals surface area contributed by atoms with Crippen LogP contribution in [0.4, 0.5) is 0 Å². The van der Waals surface area contributed by atoms with Crippen molar-refractivity contribution >= 4 is 17.9 Å². The van der Waals surface area contributed by atoms with Gasteiger partial charge in [0.2, 0.25) is 0 Å². The first kappa shape index (κ1) is 30.1. The van der Waals surface area contributed by atoms with Crippen molar-refractivity contribution in [3.8, 4) is 0 Å². The van der Waals surface area contributed by atoms with Crippen LogP contribution < -0.4 is 33.8 Å². The van der Waals surface area contributed by atoms with Gasteiger partial charge >= 0.3 is 0 Å². The van der Waals surface area contributed by atoms with Crippen LogP contribution in [-0.2, 0) is 14.4 Å². The van der Waals surface area contributed by atoms with Crippen LogP contribution in [0.15, 0.2) is 0 Å². The number of carboxylic acid groups (broad SMARTS) is 3. The van der Waals surface area contributed by atoms with Gasteiger partial charge in [0.05, 0.1) is 17.9 Å². The Morgan fingerprint density at radius 3 is 1.29 bits per heavy atom. The molecule has 0 heterocycles. The topological polar surface area (TPSA) is 291 Å². The van der Waals surface area contributed by atoms with Gasteiger partial charge in [0.15, 0.2) is 0 Å². The average molecular weight is 359 g/mol. The summed E-state index contributed by atoms with van der Waals surface area (Å²) < 4.78 is 0. The number of aliphatic hydroxyl groups excluding tert-OH is 2. The largest absolute Gasteiger partial charge is 0.549 e. The number of hydrogen-bond acceptors (Lipinski definition) is 9. The minimum atomic E-state index is -3.48. The fourth-order valence-electron chi connectivity index (χ4n) is 2.42. The van der Waals surface area contributed by atoms with Crippen molar-refractivity contribution < 1.29 is 45.0 Å². The molecule has 146 valence electrons. The number of aliphatic carboxylic acids is 3. The van der Waals surface area contributed by atoms with Crippen LogP contribution in [0, 0.1) is 10.8 Å². The fourth-order valence-corrected chi connectivity index (χ4v) is 2.42. The minimum Gasteiger partial charge on any atom is -0.549 e. The Morgan fingerprint density at radius 1 is 0.792 bits per heavy atom. The molecule has 0 rings (SSSR count). The van der Waals surface area contributed by atoms with Gasteiger partial charge in [0.25, 0.3) is 0 Å². The quantitative estimate of drug-likeness (QED) is 0.232. The summed E-state index contributed by atoms with van der Waals surface area (Å²) in [6, 6.07) is 0. The number of quaternary nitrogens is 3. The van der Waals surface area contributed by atoms with Gasteiger partial charge in [-0.3, -0.25) is 0 Å². The number of carbonyl (C=O) groups excluding carboxylic acids is 3. The van der Waals surface area contributed by atoms with E-state index < -0.39 is 60.4 Å². The van der Waals surface area contributed by atoms with E-state index in [0.717, 1.165) is 13.8 Å². The Labute approximate surface area is 138 Å². The third-order valence-corrected chi connectivity index (χ3v) is 3.87. The maximum Gasteiger partial charge on any atom is 0.125 e. The molecule has 0 aromatic rings. The van der Waals surface area contributed by atoms with Crippen LogP contribution in [0.3, 0.4) is 0 Å². The van der Waals surface area contributed by atoms with Crippen molar-refractivity contribution in [3.05, 3.63) is 0 Å². The van der Waals surface area contributed by atoms with Gasteiger partial charge in [0, 0.05) is 24.0 Å². The number of rotatable bonds is 9. The second kappa shape index (κ2) is 10.1. The Balaban J connectivity index is -0.000000667. The molecule has 0 fully saturated rings. The molecule has 0 saturated heterocycles. The third kappa shape index (κ3) is 4.17. The summed E-state index contributed by atoms with van der Waals surface area (Å²) in [4.78, 5) is 33.9. The van der Waals surface area contributed by atoms with Crippen molar-refractivity contribution in [1.29, 1.82) is 0 Å². The Morgan fingerprint density at radius 2 is 1.12 bits per heavy atom. The summed E-state index contributed by atoms with van der Waals surface area (Å²) in [6.07, 6.45) is -1.73. The van der Waals surface area contributed by atoms with Crippen LogP contribution in [0.5, 0.6) is 0 Å². The molecule has 24 heavy (non-hydrogen) atoms. The van der Waals surface area contributed by atoms with Crippen LogP contribution in [0.25, 0.3) is 0 Å². The van der Waals surface area contributed by atoms with E-state index in [1.54, 1.807) is 0 Å². The van der Waals surface area contributed by atoms with Gasteiger partial charge < -0.3 is 63.5 Å². The molecule has 0 aromatic heterocycles. The molecule has 15 N–H and O–H groups in total. The van der Waals surface area contributed by atoms with E-state index in [4.69, 9.17) is 10.2 Å². The highest BCUT2D eigenvalue weighted by atomic mass is 16.4. The standard InChI is InChI=1S/C12H20O9.3H3N/c1-10(2,7(15)16)12(21,9(19)20)11(3-5-13,4-6-14)8(17)18;;;/h13-14,21H,3-6H2,1-2H3,(H,15,16)(H,17,18)(H,19,20);3*1H3. The number of hydrogen-bond donors (Lipinski definition) is 6. The van der Waals surface area contributed by atoms with E-state index in [1.807, 2.05) is 0 Å². The molecule has 0 aliphatic carbocycles. The van der Waals surface area contributed by atoms with Crippen molar-refractivity contribution in [1.82, 2.24) is 18.5 Å². The molecule has 0 radical (unpaired) electrons. The molecule has 0 amide bonds. The number of carboxylic acids is 3. The molecular formula is C12H29N3O9. The Kier molecular flexibility index (Phi) is 12.7. The molecule has 0 saturated carbocycles. The monoisotopic (exact) mass is 359 g/mol. The molecule has 0 aliphatic heterocycles. The first-order chi connectivity index (χ1) is 9.45. The van der Waals surface area contributed by atoms with Crippen LogP contribution >= 0.6 is 0 Å². The van der Waals surface area contributed by atoms with Crippen molar-refractivity contribution in [3.63, 3.8) is 0 Å². The molecule has 0 bridgehead atoms.